The number of carbonyl (C=O) groups is 1. The summed E-state index contributed by atoms with van der Waals surface area (Å²) in [5.74, 6) is -0.283. The van der Waals surface area contributed by atoms with Crippen LogP contribution in [0.2, 0.25) is 0 Å². The number of nitrogens with one attached hydrogen (secondary N) is 1. The molecular weight excluding hydrogens is 1230 g/mol. The van der Waals surface area contributed by atoms with Gasteiger partial charge in [-0.25, -0.2) is 0 Å². The van der Waals surface area contributed by atoms with E-state index in [4.69, 9.17) is 28.4 Å². The molecule has 3 fully saturated rings. The number of amides is 1. The summed E-state index contributed by atoms with van der Waals surface area (Å²) in [5.41, 5.74) is 0. The van der Waals surface area contributed by atoms with E-state index in [0.29, 0.717) is 12.8 Å². The number of allylic oxidation sites excluding steroid dienone is 11. The highest BCUT2D eigenvalue weighted by atomic mass is 16.8. The van der Waals surface area contributed by atoms with E-state index in [9.17, 15) is 61.0 Å². The molecule has 0 aromatic rings. The van der Waals surface area contributed by atoms with Crippen LogP contribution >= 0.6 is 0 Å². The Morgan fingerprint density at radius 2 is 0.729 bits per heavy atom. The third-order valence-corrected chi connectivity index (χ3v) is 18.7. The molecule has 0 saturated carbocycles. The van der Waals surface area contributed by atoms with Crippen molar-refractivity contribution in [3.63, 3.8) is 0 Å². The second kappa shape index (κ2) is 57.8. The van der Waals surface area contributed by atoms with Gasteiger partial charge in [0, 0.05) is 6.42 Å². The molecule has 12 N–H and O–H groups in total. The van der Waals surface area contributed by atoms with Crippen LogP contribution in [-0.2, 0) is 33.2 Å². The standard InChI is InChI=1S/C77H137NO18/c1-3-5-7-9-11-13-15-17-19-21-23-24-25-26-27-28-29-30-31-32-33-34-35-36-37-39-41-43-45-47-49-51-53-55-65(83)78-60(61(82)54-52-50-48-46-44-42-40-38-22-20-18-16-14-12-10-8-6-4-2)59-91-75-71(89)68(86)73(63(57-80)93-75)96-77-72(90)69(87)74(64(58-81)94-77)95-76-70(88)67(85)66(84)62(56-79)92-76/h5,7,11,13,17,19,23-24,44,46,52,54,60-64,66-77,79-82,84-90H,3-4,6,8-10,12,14-16,18,20-22,25-43,45,47-51,53,55-59H2,1-2H3,(H,78,83)/b7-5-,13-11-,19-17-,24-23-,46-44+,54-52+. The van der Waals surface area contributed by atoms with Gasteiger partial charge in [-0.15, -0.1) is 0 Å². The third-order valence-electron chi connectivity index (χ3n) is 18.7. The fourth-order valence-electron chi connectivity index (χ4n) is 12.6. The summed E-state index contributed by atoms with van der Waals surface area (Å²) in [4.78, 5) is 13.4. The maximum Gasteiger partial charge on any atom is 0.220 e. The summed E-state index contributed by atoms with van der Waals surface area (Å²) in [7, 11) is 0. The molecule has 19 heteroatoms. The summed E-state index contributed by atoms with van der Waals surface area (Å²) in [5, 5.41) is 121. The molecule has 0 spiro atoms. The molecule has 96 heavy (non-hydrogen) atoms. The van der Waals surface area contributed by atoms with Gasteiger partial charge >= 0.3 is 0 Å². The lowest BCUT2D eigenvalue weighted by Crippen LogP contribution is -2.66. The monoisotopic (exact) mass is 1360 g/mol. The number of hydrogen-bond acceptors (Lipinski definition) is 18. The predicted molar refractivity (Wildman–Crippen MR) is 378 cm³/mol. The minimum absolute atomic E-state index is 0.236. The van der Waals surface area contributed by atoms with Gasteiger partial charge in [-0.05, 0) is 70.6 Å². The second-order valence-electron chi connectivity index (χ2n) is 27.1. The number of hydrogen-bond donors (Lipinski definition) is 12. The summed E-state index contributed by atoms with van der Waals surface area (Å²) in [6.45, 7) is 1.62. The van der Waals surface area contributed by atoms with Gasteiger partial charge in [-0.1, -0.05) is 273 Å². The van der Waals surface area contributed by atoms with E-state index in [1.807, 2.05) is 6.08 Å². The summed E-state index contributed by atoms with van der Waals surface area (Å²) in [6.07, 6.45) is 47.5. The highest BCUT2D eigenvalue weighted by Crippen LogP contribution is 2.33. The largest absolute Gasteiger partial charge is 0.394 e. The molecule has 17 atom stereocenters. The zero-order chi connectivity index (χ0) is 69.6. The Morgan fingerprint density at radius 1 is 0.385 bits per heavy atom. The SMILES string of the molecule is CC/C=C\C/C=C\C/C=C\C/C=C\CCCCCCCCCCCCCCCCCCCCCCC(=O)NC(COC1OC(CO)C(OC2OC(CO)C(OC3OC(CO)C(O)C(O)C3O)C(O)C2O)C(O)C1O)C(O)/C=C/CC/C=C/CCCCCCCCCCCCCC. The number of rotatable bonds is 59. The Bertz CT molecular complexity index is 2020. The van der Waals surface area contributed by atoms with Crippen LogP contribution in [0.1, 0.15) is 277 Å². The first kappa shape index (κ1) is 87.4. The minimum Gasteiger partial charge on any atom is -0.394 e. The van der Waals surface area contributed by atoms with Crippen LogP contribution in [0.25, 0.3) is 0 Å². The van der Waals surface area contributed by atoms with Crippen molar-refractivity contribution in [1.82, 2.24) is 5.32 Å². The van der Waals surface area contributed by atoms with Crippen LogP contribution in [0.3, 0.4) is 0 Å². The second-order valence-corrected chi connectivity index (χ2v) is 27.1. The van der Waals surface area contributed by atoms with Crippen molar-refractivity contribution in [3.05, 3.63) is 72.9 Å². The van der Waals surface area contributed by atoms with Gasteiger partial charge in [-0.3, -0.25) is 4.79 Å². The maximum atomic E-state index is 13.4. The van der Waals surface area contributed by atoms with E-state index in [-0.39, 0.29) is 18.9 Å². The Kier molecular flexibility index (Phi) is 52.7. The van der Waals surface area contributed by atoms with Crippen molar-refractivity contribution in [2.45, 2.75) is 381 Å². The summed E-state index contributed by atoms with van der Waals surface area (Å²) >= 11 is 0. The first-order chi connectivity index (χ1) is 46.8. The van der Waals surface area contributed by atoms with Crippen LogP contribution in [0.15, 0.2) is 72.9 Å². The molecule has 19 nitrogen and oxygen atoms in total. The average Bonchev–Trinajstić information content (AvgIpc) is 0.787. The molecule has 0 aromatic carbocycles. The lowest BCUT2D eigenvalue weighted by Gasteiger charge is -2.48. The van der Waals surface area contributed by atoms with Crippen molar-refractivity contribution >= 4 is 5.91 Å². The first-order valence-electron chi connectivity index (χ1n) is 38.2. The molecule has 3 aliphatic heterocycles. The molecule has 3 saturated heterocycles. The quantitative estimate of drug-likeness (QED) is 0.0199. The van der Waals surface area contributed by atoms with Gasteiger partial charge in [-0.2, -0.15) is 0 Å². The topological polar surface area (TPSA) is 307 Å². The van der Waals surface area contributed by atoms with Gasteiger partial charge in [0.2, 0.25) is 5.91 Å². The van der Waals surface area contributed by atoms with Crippen LogP contribution in [0.5, 0.6) is 0 Å². The molecule has 0 bridgehead atoms. The molecule has 0 radical (unpaired) electrons. The van der Waals surface area contributed by atoms with E-state index >= 15 is 0 Å². The summed E-state index contributed by atoms with van der Waals surface area (Å²) in [6, 6.07) is -0.992. The zero-order valence-corrected chi connectivity index (χ0v) is 59.3. The van der Waals surface area contributed by atoms with Gasteiger partial charge in [0.05, 0.1) is 38.6 Å². The third kappa shape index (κ3) is 38.3. The Hall–Kier alpha value is -2.77. The summed E-state index contributed by atoms with van der Waals surface area (Å²) < 4.78 is 34.4. The van der Waals surface area contributed by atoms with Gasteiger partial charge in [0.15, 0.2) is 18.9 Å². The molecular formula is C77H137NO18. The Labute approximate surface area is 578 Å². The molecule has 3 aliphatic rings. The van der Waals surface area contributed by atoms with E-state index < -0.39 is 124 Å². The lowest BCUT2D eigenvalue weighted by molar-refractivity contribution is -0.379. The maximum absolute atomic E-state index is 13.4. The molecule has 1 amide bonds. The number of aliphatic hydroxyl groups is 11. The Balaban J connectivity index is 1.37. The molecule has 17 unspecified atom stereocenters. The average molecular weight is 1360 g/mol. The van der Waals surface area contributed by atoms with Crippen molar-refractivity contribution < 1.29 is 89.4 Å². The highest BCUT2D eigenvalue weighted by Gasteiger charge is 2.53. The zero-order valence-electron chi connectivity index (χ0n) is 59.3. The fraction of sp³-hybridized carbons (Fsp3) is 0.831. The normalized spacial score (nSPS) is 27.4. The van der Waals surface area contributed by atoms with Gasteiger partial charge in [0.1, 0.15) is 73.2 Å². The lowest BCUT2D eigenvalue weighted by atomic mass is 9.96. The van der Waals surface area contributed by atoms with Crippen molar-refractivity contribution in [2.24, 2.45) is 0 Å². The smallest absolute Gasteiger partial charge is 0.220 e. The van der Waals surface area contributed by atoms with Gasteiger partial charge < -0.3 is 89.9 Å². The number of unbranched alkanes of at least 4 members (excludes halogenated alkanes) is 33. The van der Waals surface area contributed by atoms with Crippen LogP contribution in [-0.4, -0.2) is 193 Å². The number of ether oxygens (including phenoxy) is 6. The number of carbonyl (C=O) groups excluding carboxylic acids is 1. The van der Waals surface area contributed by atoms with E-state index in [1.165, 1.54) is 180 Å². The molecule has 0 aliphatic carbocycles. The molecule has 3 rings (SSSR count). The van der Waals surface area contributed by atoms with E-state index in [2.05, 4.69) is 79.9 Å². The van der Waals surface area contributed by atoms with Crippen LogP contribution in [0, 0.1) is 0 Å². The van der Waals surface area contributed by atoms with Crippen molar-refractivity contribution in [2.75, 3.05) is 26.4 Å². The van der Waals surface area contributed by atoms with E-state index in [0.717, 1.165) is 64.2 Å². The van der Waals surface area contributed by atoms with Crippen molar-refractivity contribution in [1.29, 1.82) is 0 Å². The predicted octanol–water partition coefficient (Wildman–Crippen LogP) is 11.7. The first-order valence-corrected chi connectivity index (χ1v) is 38.2. The van der Waals surface area contributed by atoms with E-state index in [1.54, 1.807) is 6.08 Å². The van der Waals surface area contributed by atoms with Crippen molar-refractivity contribution in [3.8, 4) is 0 Å². The van der Waals surface area contributed by atoms with Gasteiger partial charge in [0.25, 0.3) is 0 Å². The Morgan fingerprint density at radius 3 is 1.17 bits per heavy atom. The fourth-order valence-corrected chi connectivity index (χ4v) is 12.6. The molecule has 0 aromatic heterocycles. The highest BCUT2D eigenvalue weighted by molar-refractivity contribution is 5.76. The molecule has 3 heterocycles. The van der Waals surface area contributed by atoms with Crippen LogP contribution in [0.4, 0.5) is 0 Å². The van der Waals surface area contributed by atoms with Crippen LogP contribution < -0.4 is 5.32 Å². The minimum atomic E-state index is -1.98. The number of aliphatic hydroxyl groups excluding tert-OH is 11. The molecule has 558 valence electrons.